The normalized spacial score (nSPS) is 15.8. The Hall–Kier alpha value is -5.12. The molecule has 5 aromatic rings. The molecule has 1 atom stereocenters. The van der Waals surface area contributed by atoms with Crippen LogP contribution in [0.2, 0.25) is 0 Å². The molecule has 0 spiro atoms. The predicted octanol–water partition coefficient (Wildman–Crippen LogP) is 5.15. The number of carbonyl (C=O) groups is 1. The molecule has 7 rings (SSSR count). The Labute approximate surface area is 230 Å². The van der Waals surface area contributed by atoms with Gasteiger partial charge in [-0.1, -0.05) is 26.8 Å². The highest BCUT2D eigenvalue weighted by atomic mass is 16.1. The maximum atomic E-state index is 12.5. The van der Waals surface area contributed by atoms with Crippen LogP contribution in [0.5, 0.6) is 0 Å². The SMILES string of the molecule is CC(C)(C)CC(=O)Nc1cncc(-c2cnc3n[nH]c(-c4nc5c([nH]4)C4NC4=CC=C5c4ccncc4)c3c2)c1. The van der Waals surface area contributed by atoms with Gasteiger partial charge in [0.2, 0.25) is 5.91 Å². The van der Waals surface area contributed by atoms with Crippen molar-refractivity contribution in [2.75, 3.05) is 5.32 Å². The van der Waals surface area contributed by atoms with Gasteiger partial charge in [-0.25, -0.2) is 9.97 Å². The highest BCUT2D eigenvalue weighted by Gasteiger charge is 2.37. The molecule has 0 radical (unpaired) electrons. The predicted molar refractivity (Wildman–Crippen MR) is 153 cm³/mol. The van der Waals surface area contributed by atoms with Crippen molar-refractivity contribution in [3.63, 3.8) is 0 Å². The van der Waals surface area contributed by atoms with E-state index in [1.165, 1.54) is 0 Å². The molecule has 40 heavy (non-hydrogen) atoms. The summed E-state index contributed by atoms with van der Waals surface area (Å²) in [6.07, 6.45) is 13.4. The summed E-state index contributed by atoms with van der Waals surface area (Å²) < 4.78 is 0. The Kier molecular flexibility index (Phi) is 5.38. The third kappa shape index (κ3) is 4.43. The molecule has 0 aromatic carbocycles. The number of rotatable bonds is 5. The van der Waals surface area contributed by atoms with Crippen LogP contribution in [0.4, 0.5) is 5.69 Å². The summed E-state index contributed by atoms with van der Waals surface area (Å²) >= 11 is 0. The lowest BCUT2D eigenvalue weighted by molar-refractivity contribution is -0.117. The third-order valence-electron chi connectivity index (χ3n) is 6.93. The molecule has 4 N–H and O–H groups in total. The van der Waals surface area contributed by atoms with E-state index in [1.807, 2.05) is 45.0 Å². The van der Waals surface area contributed by atoms with E-state index in [9.17, 15) is 4.79 Å². The first-order valence-corrected chi connectivity index (χ1v) is 13.1. The van der Waals surface area contributed by atoms with Gasteiger partial charge in [-0.05, 0) is 41.3 Å². The van der Waals surface area contributed by atoms with Crippen molar-refractivity contribution in [2.24, 2.45) is 5.41 Å². The van der Waals surface area contributed by atoms with Crippen LogP contribution in [0, 0.1) is 5.41 Å². The van der Waals surface area contributed by atoms with E-state index < -0.39 is 0 Å². The number of hydrogen-bond acceptors (Lipinski definition) is 7. The van der Waals surface area contributed by atoms with Crippen molar-refractivity contribution >= 4 is 28.2 Å². The van der Waals surface area contributed by atoms with Gasteiger partial charge in [-0.3, -0.25) is 19.9 Å². The van der Waals surface area contributed by atoms with E-state index >= 15 is 0 Å². The van der Waals surface area contributed by atoms with Gasteiger partial charge in [0.15, 0.2) is 11.5 Å². The van der Waals surface area contributed by atoms with E-state index in [0.717, 1.165) is 50.4 Å². The van der Waals surface area contributed by atoms with Crippen LogP contribution in [0.25, 0.3) is 39.3 Å². The smallest absolute Gasteiger partial charge is 0.224 e. The Bertz CT molecular complexity index is 1840. The molecular formula is C30H27N9O. The number of anilines is 1. The molecule has 0 saturated carbocycles. The lowest BCUT2D eigenvalue weighted by Crippen LogP contribution is -2.19. The average Bonchev–Trinajstić information content (AvgIpc) is 3.41. The number of carbonyl (C=O) groups excluding carboxylic acids is 1. The Balaban J connectivity index is 1.24. The van der Waals surface area contributed by atoms with Crippen molar-refractivity contribution in [3.8, 4) is 22.6 Å². The molecule has 1 fully saturated rings. The summed E-state index contributed by atoms with van der Waals surface area (Å²) in [6, 6.07) is 8.01. The molecular weight excluding hydrogens is 502 g/mol. The standard InChI is InChI=1S/C30H27N9O/c1-30(2,3)12-23(40)34-19-10-17(13-32-15-19)18-11-21-25(38-39-28(21)33-14-18)29-36-24-20(16-6-8-31-9-7-16)4-5-22-26(35-22)27(24)37-29/h4-11,13-15,26,35H,12H2,1-3H3,(H,34,40)(H,36,37)(H,33,38,39). The highest BCUT2D eigenvalue weighted by molar-refractivity contribution is 5.94. The molecule has 5 aromatic heterocycles. The zero-order valence-corrected chi connectivity index (χ0v) is 22.3. The summed E-state index contributed by atoms with van der Waals surface area (Å²) in [6.45, 7) is 6.11. The minimum atomic E-state index is -0.103. The second kappa shape index (κ2) is 8.98. The monoisotopic (exact) mass is 529 g/mol. The lowest BCUT2D eigenvalue weighted by atomic mass is 9.92. The number of hydrogen-bond donors (Lipinski definition) is 4. The van der Waals surface area contributed by atoms with Gasteiger partial charge in [-0.2, -0.15) is 5.10 Å². The maximum Gasteiger partial charge on any atom is 0.224 e. The number of imidazole rings is 1. The zero-order chi connectivity index (χ0) is 27.4. The maximum absolute atomic E-state index is 12.5. The molecule has 1 unspecified atom stereocenters. The zero-order valence-electron chi connectivity index (χ0n) is 22.3. The number of H-pyrrole nitrogens is 2. The van der Waals surface area contributed by atoms with Gasteiger partial charge in [-0.15, -0.1) is 0 Å². The van der Waals surface area contributed by atoms with Crippen LogP contribution in [0.15, 0.2) is 73.1 Å². The first-order chi connectivity index (χ1) is 19.3. The van der Waals surface area contributed by atoms with E-state index in [-0.39, 0.29) is 17.4 Å². The molecule has 1 aliphatic heterocycles. The minimum absolute atomic E-state index is 0.0435. The number of aromatic nitrogens is 7. The summed E-state index contributed by atoms with van der Waals surface area (Å²) in [5.41, 5.74) is 8.70. The van der Waals surface area contributed by atoms with Crippen molar-refractivity contribution in [2.45, 2.75) is 33.2 Å². The van der Waals surface area contributed by atoms with Crippen molar-refractivity contribution in [3.05, 3.63) is 90.1 Å². The van der Waals surface area contributed by atoms with Gasteiger partial charge in [0.1, 0.15) is 11.7 Å². The fraction of sp³-hybridized carbons (Fsp3) is 0.200. The highest BCUT2D eigenvalue weighted by Crippen LogP contribution is 2.42. The van der Waals surface area contributed by atoms with Crippen molar-refractivity contribution in [1.82, 2.24) is 40.4 Å². The summed E-state index contributed by atoms with van der Waals surface area (Å²) in [5, 5.41) is 14.8. The largest absolute Gasteiger partial charge is 0.373 e. The van der Waals surface area contributed by atoms with Gasteiger partial charge in [0.25, 0.3) is 0 Å². The molecule has 1 amide bonds. The molecule has 2 aliphatic rings. The second-order valence-corrected chi connectivity index (χ2v) is 11.3. The summed E-state index contributed by atoms with van der Waals surface area (Å²) in [4.78, 5) is 34.2. The second-order valence-electron chi connectivity index (χ2n) is 11.3. The van der Waals surface area contributed by atoms with E-state index in [1.54, 1.807) is 31.0 Å². The number of aromatic amines is 2. The third-order valence-corrected chi connectivity index (χ3v) is 6.93. The fourth-order valence-electron chi connectivity index (χ4n) is 5.02. The van der Waals surface area contributed by atoms with Crippen LogP contribution in [-0.2, 0) is 4.79 Å². The van der Waals surface area contributed by atoms with Crippen LogP contribution in [-0.4, -0.2) is 41.0 Å². The van der Waals surface area contributed by atoms with Crippen molar-refractivity contribution < 1.29 is 4.79 Å². The Morgan fingerprint density at radius 3 is 2.65 bits per heavy atom. The quantitative estimate of drug-likeness (QED) is 0.230. The Morgan fingerprint density at radius 2 is 1.82 bits per heavy atom. The van der Waals surface area contributed by atoms with Gasteiger partial charge in [0.05, 0.1) is 28.7 Å². The number of nitrogens with zero attached hydrogens (tertiary/aromatic N) is 5. The van der Waals surface area contributed by atoms with Gasteiger partial charge in [0, 0.05) is 53.6 Å². The Morgan fingerprint density at radius 1 is 1.00 bits per heavy atom. The fourth-order valence-corrected chi connectivity index (χ4v) is 5.02. The molecule has 10 nitrogen and oxygen atoms in total. The van der Waals surface area contributed by atoms with Gasteiger partial charge >= 0.3 is 0 Å². The van der Waals surface area contributed by atoms with Crippen LogP contribution in [0.1, 0.15) is 50.2 Å². The number of fused-ring (bicyclic) bond motifs is 4. The lowest BCUT2D eigenvalue weighted by Gasteiger charge is -2.17. The number of pyridine rings is 3. The van der Waals surface area contributed by atoms with Crippen LogP contribution >= 0.6 is 0 Å². The minimum Gasteiger partial charge on any atom is -0.373 e. The van der Waals surface area contributed by atoms with Crippen LogP contribution < -0.4 is 10.6 Å². The number of nitrogens with one attached hydrogen (secondary N) is 4. The van der Waals surface area contributed by atoms with Crippen LogP contribution in [0.3, 0.4) is 0 Å². The summed E-state index contributed by atoms with van der Waals surface area (Å²) in [7, 11) is 0. The van der Waals surface area contributed by atoms with Crippen molar-refractivity contribution in [1.29, 1.82) is 0 Å². The molecule has 0 bridgehead atoms. The molecule has 10 heteroatoms. The van der Waals surface area contributed by atoms with E-state index in [4.69, 9.17) is 4.98 Å². The van der Waals surface area contributed by atoms with Gasteiger partial charge < -0.3 is 15.6 Å². The van der Waals surface area contributed by atoms with E-state index in [2.05, 4.69) is 52.9 Å². The topological polar surface area (TPSA) is 147 Å². The number of allylic oxidation sites excluding steroid dienone is 2. The average molecular weight is 530 g/mol. The molecule has 1 aliphatic carbocycles. The molecule has 1 saturated heterocycles. The molecule has 6 heterocycles. The summed E-state index contributed by atoms with van der Waals surface area (Å²) in [5.74, 6) is 0.640. The van der Waals surface area contributed by atoms with E-state index in [0.29, 0.717) is 23.6 Å². The number of amides is 1. The molecule has 198 valence electrons. The first-order valence-electron chi connectivity index (χ1n) is 13.1. The first kappa shape index (κ1) is 24.0.